The molecule has 1 saturated heterocycles. The van der Waals surface area contributed by atoms with Crippen molar-refractivity contribution in [3.63, 3.8) is 0 Å². The van der Waals surface area contributed by atoms with E-state index in [1.807, 2.05) is 48.5 Å². The van der Waals surface area contributed by atoms with Crippen LogP contribution < -0.4 is 10.1 Å². The molecule has 126 valence electrons. The molecule has 0 amide bonds. The highest BCUT2D eigenvalue weighted by Crippen LogP contribution is 2.38. The fourth-order valence-corrected chi connectivity index (χ4v) is 3.52. The lowest BCUT2D eigenvalue weighted by Crippen LogP contribution is -2.42. The molecule has 0 spiro atoms. The fraction of sp³-hybridized carbons (Fsp3) is 0.368. The average Bonchev–Trinajstić information content (AvgIpc) is 2.63. The Morgan fingerprint density at radius 1 is 1.08 bits per heavy atom. The Hall–Kier alpha value is -1.91. The maximum absolute atomic E-state index is 11.4. The monoisotopic (exact) mass is 344 g/mol. The van der Waals surface area contributed by atoms with E-state index in [9.17, 15) is 4.91 Å². The molecular weight excluding hydrogens is 324 g/mol. The van der Waals surface area contributed by atoms with Crippen LogP contribution in [0.4, 0.5) is 0 Å². The molecule has 24 heavy (non-hydrogen) atoms. The second-order valence-corrected chi connectivity index (χ2v) is 6.73. The van der Waals surface area contributed by atoms with Gasteiger partial charge in [-0.05, 0) is 41.8 Å². The largest absolute Gasteiger partial charge is 0.497 e. The summed E-state index contributed by atoms with van der Waals surface area (Å²) in [5.41, 5.74) is 2.26. The maximum atomic E-state index is 11.4. The molecular formula is C19H21ClN2O2. The summed E-state index contributed by atoms with van der Waals surface area (Å²) >= 11 is 5.98. The van der Waals surface area contributed by atoms with E-state index in [-0.39, 0.29) is 24.0 Å². The van der Waals surface area contributed by atoms with Crippen LogP contribution in [0.5, 0.6) is 5.75 Å². The van der Waals surface area contributed by atoms with Crippen LogP contribution in [0.3, 0.4) is 0 Å². The third-order valence-corrected chi connectivity index (χ3v) is 5.13. The lowest BCUT2D eigenvalue weighted by molar-refractivity contribution is 0.216. The normalized spacial score (nSPS) is 26.8. The Balaban J connectivity index is 1.88. The summed E-state index contributed by atoms with van der Waals surface area (Å²) in [6.07, 6.45) is 0.693. The van der Waals surface area contributed by atoms with Crippen LogP contribution in [0.1, 0.15) is 36.6 Å². The van der Waals surface area contributed by atoms with Gasteiger partial charge in [0.25, 0.3) is 0 Å². The van der Waals surface area contributed by atoms with Crippen LogP contribution in [-0.2, 0) is 0 Å². The Bertz CT molecular complexity index is 688. The van der Waals surface area contributed by atoms with Crippen molar-refractivity contribution in [1.82, 2.24) is 5.32 Å². The van der Waals surface area contributed by atoms with E-state index in [0.29, 0.717) is 11.4 Å². The van der Waals surface area contributed by atoms with Crippen molar-refractivity contribution in [2.75, 3.05) is 7.11 Å². The maximum Gasteiger partial charge on any atom is 0.118 e. The number of hydrogen-bond acceptors (Lipinski definition) is 4. The minimum absolute atomic E-state index is 0.0630. The number of piperidine rings is 1. The van der Waals surface area contributed by atoms with Gasteiger partial charge in [-0.25, -0.2) is 0 Å². The van der Waals surface area contributed by atoms with Gasteiger partial charge in [-0.2, -0.15) is 4.91 Å². The van der Waals surface area contributed by atoms with Gasteiger partial charge in [0.1, 0.15) is 5.75 Å². The van der Waals surface area contributed by atoms with Crippen LogP contribution in [-0.4, -0.2) is 13.2 Å². The molecule has 0 saturated carbocycles. The number of benzene rings is 2. The number of rotatable bonds is 4. The van der Waals surface area contributed by atoms with E-state index >= 15 is 0 Å². The zero-order valence-electron chi connectivity index (χ0n) is 13.8. The standard InChI is InChI=1S/C19H21ClN2O2/c1-12-17(22-23)11-18(13-3-7-15(20)8-4-13)21-19(12)14-5-9-16(24-2)10-6-14/h3-10,12,17-19,21H,11H2,1-2H3. The molecule has 2 aromatic rings. The van der Waals surface area contributed by atoms with E-state index < -0.39 is 0 Å². The molecule has 1 fully saturated rings. The summed E-state index contributed by atoms with van der Waals surface area (Å²) in [6.45, 7) is 2.08. The highest BCUT2D eigenvalue weighted by atomic mass is 35.5. The Kier molecular flexibility index (Phi) is 5.17. The van der Waals surface area contributed by atoms with Crippen molar-refractivity contribution < 1.29 is 4.74 Å². The Labute approximate surface area is 147 Å². The number of nitroso groups, excluding NO2 is 1. The van der Waals surface area contributed by atoms with Gasteiger partial charge in [0.15, 0.2) is 0 Å². The van der Waals surface area contributed by atoms with Gasteiger partial charge in [-0.3, -0.25) is 0 Å². The lowest BCUT2D eigenvalue weighted by Gasteiger charge is -2.39. The second-order valence-electron chi connectivity index (χ2n) is 6.29. The highest BCUT2D eigenvalue weighted by Gasteiger charge is 2.36. The van der Waals surface area contributed by atoms with Crippen LogP contribution in [0.25, 0.3) is 0 Å². The summed E-state index contributed by atoms with van der Waals surface area (Å²) in [6, 6.07) is 15.6. The fourth-order valence-electron chi connectivity index (χ4n) is 3.39. The van der Waals surface area contributed by atoms with Gasteiger partial charge >= 0.3 is 0 Å². The number of nitrogens with one attached hydrogen (secondary N) is 1. The zero-order chi connectivity index (χ0) is 17.1. The van der Waals surface area contributed by atoms with Crippen molar-refractivity contribution in [3.05, 3.63) is 69.6 Å². The van der Waals surface area contributed by atoms with E-state index in [0.717, 1.165) is 16.9 Å². The molecule has 1 N–H and O–H groups in total. The molecule has 5 heteroatoms. The first-order chi connectivity index (χ1) is 11.6. The summed E-state index contributed by atoms with van der Waals surface area (Å²) in [7, 11) is 1.65. The molecule has 1 heterocycles. The molecule has 0 aromatic heterocycles. The predicted molar refractivity (Wildman–Crippen MR) is 96.4 cm³/mol. The van der Waals surface area contributed by atoms with Crippen molar-refractivity contribution in [2.24, 2.45) is 11.1 Å². The van der Waals surface area contributed by atoms with Crippen LogP contribution in [0.15, 0.2) is 53.7 Å². The minimum Gasteiger partial charge on any atom is -0.497 e. The first-order valence-electron chi connectivity index (χ1n) is 8.10. The Morgan fingerprint density at radius 3 is 2.29 bits per heavy atom. The number of halogens is 1. The molecule has 0 aliphatic carbocycles. The first kappa shape index (κ1) is 16.9. The molecule has 1 aliphatic heterocycles. The average molecular weight is 345 g/mol. The number of nitrogens with zero attached hydrogens (tertiary/aromatic N) is 1. The summed E-state index contributed by atoms with van der Waals surface area (Å²) in [4.78, 5) is 11.4. The van der Waals surface area contributed by atoms with E-state index in [1.54, 1.807) is 7.11 Å². The minimum atomic E-state index is -0.223. The first-order valence-corrected chi connectivity index (χ1v) is 8.48. The van der Waals surface area contributed by atoms with Crippen molar-refractivity contribution in [1.29, 1.82) is 0 Å². The van der Waals surface area contributed by atoms with Gasteiger partial charge < -0.3 is 10.1 Å². The van der Waals surface area contributed by atoms with Crippen molar-refractivity contribution >= 4 is 11.6 Å². The van der Waals surface area contributed by atoms with Gasteiger partial charge in [0.2, 0.25) is 0 Å². The zero-order valence-corrected chi connectivity index (χ0v) is 14.5. The van der Waals surface area contributed by atoms with Crippen molar-refractivity contribution in [3.8, 4) is 5.75 Å². The van der Waals surface area contributed by atoms with E-state index in [4.69, 9.17) is 16.3 Å². The highest BCUT2D eigenvalue weighted by molar-refractivity contribution is 6.30. The van der Waals surface area contributed by atoms with Gasteiger partial charge in [0, 0.05) is 23.0 Å². The van der Waals surface area contributed by atoms with Crippen LogP contribution in [0, 0.1) is 10.8 Å². The van der Waals surface area contributed by atoms with Crippen LogP contribution >= 0.6 is 11.6 Å². The summed E-state index contributed by atoms with van der Waals surface area (Å²) in [5.74, 6) is 0.945. The molecule has 4 nitrogen and oxygen atoms in total. The quantitative estimate of drug-likeness (QED) is 0.803. The number of ether oxygens (including phenoxy) is 1. The topological polar surface area (TPSA) is 50.7 Å². The number of hydrogen-bond donors (Lipinski definition) is 1. The third-order valence-electron chi connectivity index (χ3n) is 4.87. The SMILES string of the molecule is COc1ccc(C2NC(c3ccc(Cl)cc3)CC(N=O)C2C)cc1. The third kappa shape index (κ3) is 3.45. The van der Waals surface area contributed by atoms with Gasteiger partial charge in [-0.1, -0.05) is 48.0 Å². The van der Waals surface area contributed by atoms with E-state index in [2.05, 4.69) is 17.4 Å². The van der Waals surface area contributed by atoms with Gasteiger partial charge in [0.05, 0.1) is 13.2 Å². The molecule has 4 atom stereocenters. The molecule has 2 aromatic carbocycles. The summed E-state index contributed by atoms with van der Waals surface area (Å²) in [5, 5.41) is 7.77. The summed E-state index contributed by atoms with van der Waals surface area (Å²) < 4.78 is 5.23. The van der Waals surface area contributed by atoms with Crippen LogP contribution in [0.2, 0.25) is 5.02 Å². The Morgan fingerprint density at radius 2 is 1.71 bits per heavy atom. The molecule has 4 unspecified atom stereocenters. The predicted octanol–water partition coefficient (Wildman–Crippen LogP) is 4.90. The second kappa shape index (κ2) is 7.32. The smallest absolute Gasteiger partial charge is 0.118 e. The number of methoxy groups -OCH3 is 1. The molecule has 0 radical (unpaired) electrons. The molecule has 1 aliphatic rings. The lowest BCUT2D eigenvalue weighted by atomic mass is 9.80. The van der Waals surface area contributed by atoms with Crippen molar-refractivity contribution in [2.45, 2.75) is 31.5 Å². The van der Waals surface area contributed by atoms with Gasteiger partial charge in [-0.15, -0.1) is 0 Å². The molecule has 0 bridgehead atoms. The molecule has 3 rings (SSSR count). The van der Waals surface area contributed by atoms with E-state index in [1.165, 1.54) is 0 Å².